The van der Waals surface area contributed by atoms with E-state index in [1.54, 1.807) is 0 Å². The topological polar surface area (TPSA) is 26.8 Å². The fraction of sp³-hybridized carbons (Fsp3) is 0.409. The summed E-state index contributed by atoms with van der Waals surface area (Å²) in [5, 5.41) is 0.512. The van der Waals surface area contributed by atoms with Gasteiger partial charge in [-0.2, -0.15) is 0 Å². The molecular formula is C22H26FN3OS. The lowest BCUT2D eigenvalue weighted by atomic mass is 10.2. The molecule has 4 rings (SSSR count). The van der Waals surface area contributed by atoms with Crippen LogP contribution in [-0.2, 0) is 4.79 Å². The van der Waals surface area contributed by atoms with E-state index in [0.29, 0.717) is 11.8 Å². The number of halogens is 1. The van der Waals surface area contributed by atoms with Crippen LogP contribution in [0.15, 0.2) is 53.4 Å². The van der Waals surface area contributed by atoms with Gasteiger partial charge in [-0.25, -0.2) is 4.39 Å². The summed E-state index contributed by atoms with van der Waals surface area (Å²) in [4.78, 5) is 20.7. The van der Waals surface area contributed by atoms with Gasteiger partial charge in [0.2, 0.25) is 5.91 Å². The van der Waals surface area contributed by atoms with Crippen LogP contribution < -0.4 is 9.80 Å². The molecule has 4 nitrogen and oxygen atoms in total. The summed E-state index contributed by atoms with van der Waals surface area (Å²) < 4.78 is 13.1. The van der Waals surface area contributed by atoms with Gasteiger partial charge in [-0.3, -0.25) is 9.69 Å². The summed E-state index contributed by atoms with van der Waals surface area (Å²) in [6.45, 7) is 6.83. The molecule has 2 heterocycles. The number of piperazine rings is 1. The molecule has 28 heavy (non-hydrogen) atoms. The van der Waals surface area contributed by atoms with Gasteiger partial charge in [0.15, 0.2) is 0 Å². The number of hydrogen-bond donors (Lipinski definition) is 0. The van der Waals surface area contributed by atoms with Gasteiger partial charge in [-0.1, -0.05) is 19.1 Å². The van der Waals surface area contributed by atoms with Crippen LogP contribution >= 0.6 is 11.8 Å². The van der Waals surface area contributed by atoms with Gasteiger partial charge in [-0.15, -0.1) is 11.8 Å². The zero-order valence-corrected chi connectivity index (χ0v) is 17.0. The summed E-state index contributed by atoms with van der Waals surface area (Å²) in [5.41, 5.74) is 2.09. The Morgan fingerprint density at radius 1 is 1.04 bits per heavy atom. The zero-order valence-electron chi connectivity index (χ0n) is 16.2. The van der Waals surface area contributed by atoms with E-state index in [1.165, 1.54) is 17.0 Å². The lowest BCUT2D eigenvalue weighted by Crippen LogP contribution is -2.50. The number of nitrogens with zero attached hydrogens (tertiary/aromatic N) is 3. The first-order valence-corrected chi connectivity index (χ1v) is 10.8. The van der Waals surface area contributed by atoms with Crippen molar-refractivity contribution in [3.63, 3.8) is 0 Å². The number of anilines is 2. The molecule has 0 bridgehead atoms. The second kappa shape index (κ2) is 8.53. The highest BCUT2D eigenvalue weighted by atomic mass is 32.2. The lowest BCUT2D eigenvalue weighted by Gasteiger charge is -2.36. The molecule has 2 aliphatic heterocycles. The van der Waals surface area contributed by atoms with Crippen molar-refractivity contribution in [2.45, 2.75) is 23.5 Å². The maximum atomic E-state index is 13.1. The van der Waals surface area contributed by atoms with Crippen molar-refractivity contribution in [3.05, 3.63) is 54.3 Å². The van der Waals surface area contributed by atoms with E-state index in [-0.39, 0.29) is 11.7 Å². The molecular weight excluding hydrogens is 373 g/mol. The predicted molar refractivity (Wildman–Crippen MR) is 114 cm³/mol. The molecule has 0 spiro atoms. The van der Waals surface area contributed by atoms with Crippen LogP contribution in [0.3, 0.4) is 0 Å². The van der Waals surface area contributed by atoms with Gasteiger partial charge in [0.1, 0.15) is 5.82 Å². The Morgan fingerprint density at radius 2 is 1.75 bits per heavy atom. The first kappa shape index (κ1) is 19.3. The van der Waals surface area contributed by atoms with Gasteiger partial charge in [0, 0.05) is 48.6 Å². The minimum atomic E-state index is -0.210. The molecule has 1 unspecified atom stereocenters. The lowest BCUT2D eigenvalue weighted by molar-refractivity contribution is -0.119. The van der Waals surface area contributed by atoms with Crippen LogP contribution in [0, 0.1) is 5.82 Å². The number of amides is 1. The van der Waals surface area contributed by atoms with Gasteiger partial charge < -0.3 is 9.80 Å². The molecule has 2 aliphatic rings. The number of thioether (sulfide) groups is 1. The largest absolute Gasteiger partial charge is 0.369 e. The fourth-order valence-corrected chi connectivity index (χ4v) is 4.95. The Bertz CT molecular complexity index is 821. The normalized spacial score (nSPS) is 20.6. The molecule has 6 heteroatoms. The highest BCUT2D eigenvalue weighted by Crippen LogP contribution is 2.37. The average molecular weight is 400 g/mol. The number of fused-ring (bicyclic) bond motifs is 1. The number of para-hydroxylation sites is 1. The smallest absolute Gasteiger partial charge is 0.241 e. The third kappa shape index (κ3) is 4.33. The second-order valence-corrected chi connectivity index (χ2v) is 8.95. The molecule has 2 aromatic carbocycles. The van der Waals surface area contributed by atoms with Crippen LogP contribution in [0.5, 0.6) is 0 Å². The van der Waals surface area contributed by atoms with E-state index in [4.69, 9.17) is 0 Å². The molecule has 0 aliphatic carbocycles. The second-order valence-electron chi connectivity index (χ2n) is 7.47. The van der Waals surface area contributed by atoms with Crippen molar-refractivity contribution >= 4 is 29.0 Å². The number of carbonyl (C=O) groups is 1. The van der Waals surface area contributed by atoms with Crippen molar-refractivity contribution in [2.24, 2.45) is 0 Å². The minimum absolute atomic E-state index is 0.178. The van der Waals surface area contributed by atoms with E-state index in [0.717, 1.165) is 50.5 Å². The van der Waals surface area contributed by atoms with Gasteiger partial charge in [0.05, 0.1) is 12.2 Å². The molecule has 148 valence electrons. The van der Waals surface area contributed by atoms with E-state index < -0.39 is 0 Å². The monoisotopic (exact) mass is 399 g/mol. The standard InChI is InChI=1S/C22H26FN3OS/c1-17-10-11-26(20-4-2-3-5-21(20)28-17)22(27)16-24-12-14-25(15-13-24)19-8-6-18(23)7-9-19/h2-9,17H,10-16H2,1H3. The van der Waals surface area contributed by atoms with E-state index in [2.05, 4.69) is 28.9 Å². The SMILES string of the molecule is CC1CCN(C(=O)CN2CCN(c3ccc(F)cc3)CC2)c2ccccc2S1. The summed E-state index contributed by atoms with van der Waals surface area (Å²) in [7, 11) is 0. The Hall–Kier alpha value is -2.05. The molecule has 0 aromatic heterocycles. The predicted octanol–water partition coefficient (Wildman–Crippen LogP) is 3.87. The first-order chi connectivity index (χ1) is 13.6. The van der Waals surface area contributed by atoms with Crippen LogP contribution in [-0.4, -0.2) is 55.3 Å². The van der Waals surface area contributed by atoms with Crippen molar-refractivity contribution in [1.82, 2.24) is 4.90 Å². The highest BCUT2D eigenvalue weighted by molar-refractivity contribution is 8.00. The molecule has 1 amide bonds. The average Bonchev–Trinajstić information content (AvgIpc) is 2.87. The quantitative estimate of drug-likeness (QED) is 0.783. The summed E-state index contributed by atoms with van der Waals surface area (Å²) in [5.74, 6) is -0.0319. The van der Waals surface area contributed by atoms with Gasteiger partial charge >= 0.3 is 0 Å². The third-order valence-corrected chi connectivity index (χ3v) is 6.70. The third-order valence-electron chi connectivity index (χ3n) is 5.47. The van der Waals surface area contributed by atoms with Crippen LogP contribution in [0.1, 0.15) is 13.3 Å². The van der Waals surface area contributed by atoms with Crippen LogP contribution in [0.4, 0.5) is 15.8 Å². The Morgan fingerprint density at radius 3 is 2.50 bits per heavy atom. The molecule has 1 fully saturated rings. The van der Waals surface area contributed by atoms with Crippen molar-refractivity contribution in [3.8, 4) is 0 Å². The maximum Gasteiger partial charge on any atom is 0.241 e. The molecule has 1 atom stereocenters. The molecule has 0 radical (unpaired) electrons. The number of hydrogen-bond acceptors (Lipinski definition) is 4. The fourth-order valence-electron chi connectivity index (χ4n) is 3.84. The van der Waals surface area contributed by atoms with Crippen molar-refractivity contribution in [1.29, 1.82) is 0 Å². The number of benzene rings is 2. The highest BCUT2D eigenvalue weighted by Gasteiger charge is 2.26. The Balaban J connectivity index is 1.37. The van der Waals surface area contributed by atoms with Crippen LogP contribution in [0.25, 0.3) is 0 Å². The maximum absolute atomic E-state index is 13.1. The van der Waals surface area contributed by atoms with Gasteiger partial charge in [0.25, 0.3) is 0 Å². The molecule has 0 N–H and O–H groups in total. The Kier molecular flexibility index (Phi) is 5.87. The number of carbonyl (C=O) groups excluding carboxylic acids is 1. The molecule has 2 aromatic rings. The summed E-state index contributed by atoms with van der Waals surface area (Å²) in [6.07, 6.45) is 1.00. The molecule has 0 saturated carbocycles. The zero-order chi connectivity index (χ0) is 19.5. The van der Waals surface area contributed by atoms with Crippen molar-refractivity contribution < 1.29 is 9.18 Å². The van der Waals surface area contributed by atoms with E-state index >= 15 is 0 Å². The van der Waals surface area contributed by atoms with Crippen LogP contribution in [0.2, 0.25) is 0 Å². The van der Waals surface area contributed by atoms with E-state index in [1.807, 2.05) is 40.9 Å². The van der Waals surface area contributed by atoms with Crippen molar-refractivity contribution in [2.75, 3.05) is 49.1 Å². The first-order valence-electron chi connectivity index (χ1n) is 9.89. The number of rotatable bonds is 3. The minimum Gasteiger partial charge on any atom is -0.369 e. The Labute approximate surface area is 170 Å². The summed E-state index contributed by atoms with van der Waals surface area (Å²) in [6, 6.07) is 14.9. The van der Waals surface area contributed by atoms with Gasteiger partial charge in [-0.05, 0) is 42.8 Å². The summed E-state index contributed by atoms with van der Waals surface area (Å²) >= 11 is 1.86. The molecule has 1 saturated heterocycles. The van der Waals surface area contributed by atoms with E-state index in [9.17, 15) is 9.18 Å².